The summed E-state index contributed by atoms with van der Waals surface area (Å²) in [7, 11) is -1.10. The molecule has 0 fully saturated rings. The second-order valence-electron chi connectivity index (χ2n) is 3.29. The van der Waals surface area contributed by atoms with Gasteiger partial charge in [0.1, 0.15) is 5.78 Å². The van der Waals surface area contributed by atoms with E-state index in [1.807, 2.05) is 6.07 Å². The minimum absolute atomic E-state index is 0.131. The van der Waals surface area contributed by atoms with Crippen LogP contribution >= 0.6 is 11.6 Å². The Morgan fingerprint density at radius 2 is 2.07 bits per heavy atom. The van der Waals surface area contributed by atoms with Crippen LogP contribution in [0.2, 0.25) is 5.02 Å². The van der Waals surface area contributed by atoms with Gasteiger partial charge in [0.05, 0.1) is 20.7 Å². The molecular formula is C11H13ClO2S. The molecule has 0 aromatic heterocycles. The minimum atomic E-state index is -1.10. The van der Waals surface area contributed by atoms with Gasteiger partial charge in [0.15, 0.2) is 0 Å². The molecule has 0 N–H and O–H groups in total. The van der Waals surface area contributed by atoms with E-state index in [-0.39, 0.29) is 5.78 Å². The fourth-order valence-electron chi connectivity index (χ4n) is 1.19. The number of Topliss-reactive ketones (excluding diaryl/α,β-unsaturated/α-hetero) is 1. The van der Waals surface area contributed by atoms with Gasteiger partial charge in [0.25, 0.3) is 0 Å². The third-order valence-corrected chi connectivity index (χ3v) is 3.89. The highest BCUT2D eigenvalue weighted by Crippen LogP contribution is 2.19. The molecule has 1 aromatic carbocycles. The molecule has 0 saturated carbocycles. The fourth-order valence-corrected chi connectivity index (χ4v) is 2.73. The summed E-state index contributed by atoms with van der Waals surface area (Å²) in [5, 5.41) is 0.527. The third kappa shape index (κ3) is 4.14. The smallest absolute Gasteiger partial charge is 0.129 e. The maximum Gasteiger partial charge on any atom is 0.129 e. The normalized spacial score (nSPS) is 12.4. The van der Waals surface area contributed by atoms with Gasteiger partial charge in [-0.2, -0.15) is 0 Å². The average Bonchev–Trinajstić information content (AvgIpc) is 2.17. The van der Waals surface area contributed by atoms with Gasteiger partial charge >= 0.3 is 0 Å². The van der Waals surface area contributed by atoms with Crippen molar-refractivity contribution < 1.29 is 9.00 Å². The summed E-state index contributed by atoms with van der Waals surface area (Å²) in [6, 6.07) is 7.09. The Labute approximate surface area is 97.1 Å². The van der Waals surface area contributed by atoms with Crippen LogP contribution in [-0.4, -0.2) is 15.7 Å². The zero-order valence-electron chi connectivity index (χ0n) is 8.53. The Hall–Kier alpha value is -0.670. The summed E-state index contributed by atoms with van der Waals surface area (Å²) in [6.07, 6.45) is 1.13. The van der Waals surface area contributed by atoms with Gasteiger partial charge in [-0.1, -0.05) is 23.7 Å². The molecule has 0 aliphatic rings. The van der Waals surface area contributed by atoms with Crippen molar-refractivity contribution in [2.45, 2.75) is 24.7 Å². The molecule has 15 heavy (non-hydrogen) atoms. The first-order chi connectivity index (χ1) is 7.11. The number of hydrogen-bond acceptors (Lipinski definition) is 2. The van der Waals surface area contributed by atoms with Crippen LogP contribution in [0.1, 0.15) is 19.8 Å². The lowest BCUT2D eigenvalue weighted by Gasteiger charge is -2.03. The van der Waals surface area contributed by atoms with E-state index >= 15 is 0 Å². The Morgan fingerprint density at radius 3 is 2.67 bits per heavy atom. The molecule has 0 amide bonds. The number of ketones is 1. The fraction of sp³-hybridized carbons (Fsp3) is 0.364. The average molecular weight is 245 g/mol. The molecule has 0 radical (unpaired) electrons. The molecule has 1 unspecified atom stereocenters. The molecule has 0 bridgehead atoms. The Bertz CT molecular complexity index is 377. The van der Waals surface area contributed by atoms with Gasteiger partial charge in [0.2, 0.25) is 0 Å². The first kappa shape index (κ1) is 12.4. The van der Waals surface area contributed by atoms with E-state index in [4.69, 9.17) is 11.6 Å². The molecule has 0 spiro atoms. The lowest BCUT2D eigenvalue weighted by atomic mass is 10.3. The van der Waals surface area contributed by atoms with Crippen molar-refractivity contribution in [3.8, 4) is 0 Å². The van der Waals surface area contributed by atoms with Crippen molar-refractivity contribution in [3.05, 3.63) is 29.3 Å². The van der Waals surface area contributed by atoms with E-state index in [0.717, 1.165) is 0 Å². The third-order valence-electron chi connectivity index (χ3n) is 1.94. The van der Waals surface area contributed by atoms with Crippen LogP contribution in [0.25, 0.3) is 0 Å². The number of rotatable bonds is 5. The van der Waals surface area contributed by atoms with Crippen molar-refractivity contribution in [1.29, 1.82) is 0 Å². The zero-order valence-corrected chi connectivity index (χ0v) is 10.1. The highest BCUT2D eigenvalue weighted by molar-refractivity contribution is 7.85. The van der Waals surface area contributed by atoms with E-state index in [2.05, 4.69) is 0 Å². The first-order valence-electron chi connectivity index (χ1n) is 4.73. The molecule has 1 aromatic rings. The van der Waals surface area contributed by atoms with Crippen molar-refractivity contribution in [2.75, 3.05) is 5.75 Å². The molecule has 0 heterocycles. The summed E-state index contributed by atoms with van der Waals surface area (Å²) < 4.78 is 11.8. The predicted molar refractivity (Wildman–Crippen MR) is 62.6 cm³/mol. The van der Waals surface area contributed by atoms with E-state index in [0.29, 0.717) is 28.5 Å². The summed E-state index contributed by atoms with van der Waals surface area (Å²) in [4.78, 5) is 11.4. The van der Waals surface area contributed by atoms with E-state index in [1.54, 1.807) is 25.1 Å². The van der Waals surface area contributed by atoms with Crippen LogP contribution in [0.4, 0.5) is 0 Å². The van der Waals surface area contributed by atoms with Gasteiger partial charge in [-0.3, -0.25) is 4.21 Å². The van der Waals surface area contributed by atoms with Crippen molar-refractivity contribution in [2.24, 2.45) is 0 Å². The van der Waals surface area contributed by atoms with Gasteiger partial charge in [-0.25, -0.2) is 0 Å². The molecule has 4 heteroatoms. The Morgan fingerprint density at radius 1 is 1.40 bits per heavy atom. The number of halogens is 1. The van der Waals surface area contributed by atoms with Gasteiger partial charge in [-0.15, -0.1) is 0 Å². The van der Waals surface area contributed by atoms with Gasteiger partial charge in [0, 0.05) is 12.2 Å². The topological polar surface area (TPSA) is 34.1 Å². The molecule has 1 atom stereocenters. The molecule has 0 saturated heterocycles. The maximum absolute atomic E-state index is 11.8. The molecule has 82 valence electrons. The SMILES string of the molecule is CC(=O)CCCS(=O)c1ccccc1Cl. The quantitative estimate of drug-likeness (QED) is 0.798. The van der Waals surface area contributed by atoms with Gasteiger partial charge < -0.3 is 4.79 Å². The number of hydrogen-bond donors (Lipinski definition) is 0. The lowest BCUT2D eigenvalue weighted by Crippen LogP contribution is -2.01. The summed E-state index contributed by atoms with van der Waals surface area (Å²) in [5.74, 6) is 0.620. The summed E-state index contributed by atoms with van der Waals surface area (Å²) in [6.45, 7) is 1.54. The van der Waals surface area contributed by atoms with Crippen LogP contribution in [0.15, 0.2) is 29.2 Å². The minimum Gasteiger partial charge on any atom is -0.300 e. The van der Waals surface area contributed by atoms with E-state index < -0.39 is 10.8 Å². The molecular weight excluding hydrogens is 232 g/mol. The molecule has 1 rings (SSSR count). The van der Waals surface area contributed by atoms with Crippen molar-refractivity contribution in [1.82, 2.24) is 0 Å². The number of carbonyl (C=O) groups is 1. The molecule has 0 aliphatic heterocycles. The number of carbonyl (C=O) groups excluding carboxylic acids is 1. The van der Waals surface area contributed by atoms with Gasteiger partial charge in [-0.05, 0) is 25.5 Å². The lowest BCUT2D eigenvalue weighted by molar-refractivity contribution is -0.117. The monoisotopic (exact) mass is 244 g/mol. The highest BCUT2D eigenvalue weighted by Gasteiger charge is 2.07. The summed E-state index contributed by atoms with van der Waals surface area (Å²) in [5.41, 5.74) is 0. The van der Waals surface area contributed by atoms with Crippen molar-refractivity contribution >= 4 is 28.2 Å². The van der Waals surface area contributed by atoms with Crippen LogP contribution in [0, 0.1) is 0 Å². The van der Waals surface area contributed by atoms with E-state index in [9.17, 15) is 9.00 Å². The standard InChI is InChI=1S/C11H13ClO2S/c1-9(13)5-4-8-15(14)11-7-3-2-6-10(11)12/h2-3,6-7H,4-5,8H2,1H3. The van der Waals surface area contributed by atoms with Crippen LogP contribution < -0.4 is 0 Å². The van der Waals surface area contributed by atoms with E-state index in [1.165, 1.54) is 0 Å². The highest BCUT2D eigenvalue weighted by atomic mass is 35.5. The predicted octanol–water partition coefficient (Wildman–Crippen LogP) is 2.82. The Kier molecular flexibility index (Phi) is 4.99. The maximum atomic E-state index is 11.8. The van der Waals surface area contributed by atoms with Crippen LogP contribution in [0.3, 0.4) is 0 Å². The largest absolute Gasteiger partial charge is 0.300 e. The van der Waals surface area contributed by atoms with Crippen molar-refractivity contribution in [3.63, 3.8) is 0 Å². The molecule has 0 aliphatic carbocycles. The Balaban J connectivity index is 2.54. The summed E-state index contributed by atoms with van der Waals surface area (Å²) >= 11 is 5.90. The molecule has 2 nitrogen and oxygen atoms in total. The van der Waals surface area contributed by atoms with Crippen LogP contribution in [-0.2, 0) is 15.6 Å². The number of benzene rings is 1. The second-order valence-corrected chi connectivity index (χ2v) is 5.23. The zero-order chi connectivity index (χ0) is 11.3. The first-order valence-corrected chi connectivity index (χ1v) is 6.43. The van der Waals surface area contributed by atoms with Crippen LogP contribution in [0.5, 0.6) is 0 Å². The second kappa shape index (κ2) is 6.03.